The Bertz CT molecular complexity index is 600. The summed E-state index contributed by atoms with van der Waals surface area (Å²) in [6.45, 7) is 11.5. The molecule has 0 saturated carbocycles. The molecule has 7 heteroatoms. The van der Waals surface area contributed by atoms with Crippen LogP contribution in [0.1, 0.15) is 33.3 Å². The molecule has 7 nitrogen and oxygen atoms in total. The molecule has 0 N–H and O–H groups in total. The van der Waals surface area contributed by atoms with Gasteiger partial charge in [0.2, 0.25) is 5.88 Å². The third-order valence-corrected chi connectivity index (χ3v) is 4.53. The summed E-state index contributed by atoms with van der Waals surface area (Å²) in [5.41, 5.74) is 0.657. The van der Waals surface area contributed by atoms with Gasteiger partial charge in [-0.3, -0.25) is 4.90 Å². The Labute approximate surface area is 155 Å². The smallest absolute Gasteiger partial charge is 0.410 e. The zero-order valence-corrected chi connectivity index (χ0v) is 16.1. The number of hydrogen-bond donors (Lipinski definition) is 0. The van der Waals surface area contributed by atoms with Crippen molar-refractivity contribution in [3.8, 4) is 5.88 Å². The Kier molecular flexibility index (Phi) is 5.67. The quantitative estimate of drug-likeness (QED) is 0.818. The van der Waals surface area contributed by atoms with Crippen LogP contribution in [0.4, 0.5) is 4.79 Å². The molecule has 26 heavy (non-hydrogen) atoms. The number of carbonyl (C=O) groups excluding carboxylic acids is 1. The van der Waals surface area contributed by atoms with Gasteiger partial charge < -0.3 is 19.1 Å². The number of ether oxygens (including phenoxy) is 3. The highest BCUT2D eigenvalue weighted by molar-refractivity contribution is 5.68. The normalized spacial score (nSPS) is 23.6. The summed E-state index contributed by atoms with van der Waals surface area (Å²) in [6, 6.07) is 4.29. The summed E-state index contributed by atoms with van der Waals surface area (Å²) in [5.74, 6) is 0.648. The summed E-state index contributed by atoms with van der Waals surface area (Å²) in [7, 11) is 0. The van der Waals surface area contributed by atoms with Gasteiger partial charge in [-0.25, -0.2) is 9.78 Å². The first kappa shape index (κ1) is 18.9. The fourth-order valence-corrected chi connectivity index (χ4v) is 3.41. The lowest BCUT2D eigenvalue weighted by Crippen LogP contribution is -2.65. The van der Waals surface area contributed by atoms with Gasteiger partial charge in [0.1, 0.15) is 5.60 Å². The van der Waals surface area contributed by atoms with Crippen molar-refractivity contribution in [2.24, 2.45) is 0 Å². The number of piperazine rings is 1. The van der Waals surface area contributed by atoms with Crippen molar-refractivity contribution in [3.05, 3.63) is 23.9 Å². The lowest BCUT2D eigenvalue weighted by molar-refractivity contribution is -0.101. The minimum Gasteiger partial charge on any atom is -0.478 e. The van der Waals surface area contributed by atoms with E-state index in [0.717, 1.165) is 12.1 Å². The van der Waals surface area contributed by atoms with Crippen LogP contribution in [0.2, 0.25) is 0 Å². The molecular formula is C19H29N3O4. The Morgan fingerprint density at radius 1 is 1.27 bits per heavy atom. The molecule has 2 saturated heterocycles. The summed E-state index contributed by atoms with van der Waals surface area (Å²) >= 11 is 0. The van der Waals surface area contributed by atoms with Gasteiger partial charge in [0.05, 0.1) is 31.9 Å². The van der Waals surface area contributed by atoms with E-state index in [2.05, 4.69) is 16.0 Å². The number of carbonyl (C=O) groups is 1. The molecule has 2 aliphatic rings. The first-order valence-corrected chi connectivity index (χ1v) is 9.25. The van der Waals surface area contributed by atoms with Gasteiger partial charge in [-0.05, 0) is 33.3 Å². The van der Waals surface area contributed by atoms with E-state index in [4.69, 9.17) is 14.2 Å². The molecule has 3 rings (SSSR count). The second-order valence-corrected chi connectivity index (χ2v) is 7.84. The van der Waals surface area contributed by atoms with E-state index in [-0.39, 0.29) is 18.2 Å². The molecule has 2 bridgehead atoms. The van der Waals surface area contributed by atoms with Gasteiger partial charge in [0.25, 0.3) is 0 Å². The van der Waals surface area contributed by atoms with Gasteiger partial charge >= 0.3 is 6.09 Å². The SMILES string of the molecule is CCOc1ccc(CN2C3COCC2CN(C(=O)OC(C)(C)C)C3)cn1. The highest BCUT2D eigenvalue weighted by Crippen LogP contribution is 2.25. The van der Waals surface area contributed by atoms with Crippen molar-refractivity contribution in [2.75, 3.05) is 32.9 Å². The third-order valence-electron chi connectivity index (χ3n) is 4.53. The molecule has 2 aliphatic heterocycles. The van der Waals surface area contributed by atoms with Gasteiger partial charge in [-0.1, -0.05) is 6.07 Å². The van der Waals surface area contributed by atoms with Gasteiger partial charge in [0.15, 0.2) is 0 Å². The second-order valence-electron chi connectivity index (χ2n) is 7.84. The molecule has 2 fully saturated rings. The van der Waals surface area contributed by atoms with Gasteiger partial charge in [-0.15, -0.1) is 0 Å². The fourth-order valence-electron chi connectivity index (χ4n) is 3.41. The third kappa shape index (κ3) is 4.65. The Hall–Kier alpha value is -1.86. The van der Waals surface area contributed by atoms with E-state index < -0.39 is 5.60 Å². The largest absolute Gasteiger partial charge is 0.478 e. The standard InChI is InChI=1S/C19H29N3O4/c1-5-25-17-7-6-14(8-20-17)9-22-15-10-21(11-16(22)13-24-12-15)18(23)26-19(2,3)4/h6-8,15-16H,5,9-13H2,1-4H3. The van der Waals surface area contributed by atoms with Gasteiger partial charge in [-0.2, -0.15) is 0 Å². The molecule has 1 amide bonds. The number of morpholine rings is 1. The molecule has 1 aromatic heterocycles. The molecule has 0 aliphatic carbocycles. The van der Waals surface area contributed by atoms with Crippen LogP contribution in [-0.4, -0.2) is 71.5 Å². The minimum atomic E-state index is -0.478. The van der Waals surface area contributed by atoms with Crippen LogP contribution in [-0.2, 0) is 16.0 Å². The van der Waals surface area contributed by atoms with E-state index in [1.807, 2.05) is 44.9 Å². The van der Waals surface area contributed by atoms with Crippen molar-refractivity contribution in [1.29, 1.82) is 0 Å². The van der Waals surface area contributed by atoms with Crippen LogP contribution < -0.4 is 4.74 Å². The Morgan fingerprint density at radius 3 is 2.50 bits per heavy atom. The maximum atomic E-state index is 12.4. The van der Waals surface area contributed by atoms with E-state index >= 15 is 0 Å². The van der Waals surface area contributed by atoms with Crippen molar-refractivity contribution in [3.63, 3.8) is 0 Å². The van der Waals surface area contributed by atoms with Crippen LogP contribution in [0.5, 0.6) is 5.88 Å². The average molecular weight is 363 g/mol. The van der Waals surface area contributed by atoms with Crippen molar-refractivity contribution in [1.82, 2.24) is 14.8 Å². The number of amides is 1. The molecular weight excluding hydrogens is 334 g/mol. The molecule has 0 radical (unpaired) electrons. The van der Waals surface area contributed by atoms with E-state index in [1.165, 1.54) is 0 Å². The molecule has 0 spiro atoms. The number of nitrogens with zero attached hydrogens (tertiary/aromatic N) is 3. The van der Waals surface area contributed by atoms with E-state index in [9.17, 15) is 4.79 Å². The number of hydrogen-bond acceptors (Lipinski definition) is 6. The predicted molar refractivity (Wildman–Crippen MR) is 97.2 cm³/mol. The molecule has 2 atom stereocenters. The van der Waals surface area contributed by atoms with Gasteiger partial charge in [0, 0.05) is 31.9 Å². The average Bonchev–Trinajstić information content (AvgIpc) is 2.55. The van der Waals surface area contributed by atoms with Crippen LogP contribution in [0.3, 0.4) is 0 Å². The number of aromatic nitrogens is 1. The molecule has 144 valence electrons. The number of fused-ring (bicyclic) bond motifs is 2. The highest BCUT2D eigenvalue weighted by Gasteiger charge is 2.40. The fraction of sp³-hybridized carbons (Fsp3) is 0.684. The van der Waals surface area contributed by atoms with Crippen LogP contribution in [0.15, 0.2) is 18.3 Å². The molecule has 0 aromatic carbocycles. The van der Waals surface area contributed by atoms with Crippen molar-refractivity contribution >= 4 is 6.09 Å². The maximum absolute atomic E-state index is 12.4. The number of pyridine rings is 1. The molecule has 2 unspecified atom stereocenters. The Morgan fingerprint density at radius 2 is 1.96 bits per heavy atom. The van der Waals surface area contributed by atoms with E-state index in [0.29, 0.717) is 38.8 Å². The zero-order valence-electron chi connectivity index (χ0n) is 16.1. The lowest BCUT2D eigenvalue weighted by Gasteiger charge is -2.49. The summed E-state index contributed by atoms with van der Waals surface area (Å²) in [6.07, 6.45) is 1.62. The first-order chi connectivity index (χ1) is 12.4. The van der Waals surface area contributed by atoms with Crippen LogP contribution in [0.25, 0.3) is 0 Å². The number of rotatable bonds is 4. The van der Waals surface area contributed by atoms with E-state index in [1.54, 1.807) is 0 Å². The topological polar surface area (TPSA) is 64.1 Å². The monoisotopic (exact) mass is 363 g/mol. The Balaban J connectivity index is 1.64. The minimum absolute atomic E-state index is 0.168. The predicted octanol–water partition coefficient (Wildman–Crippen LogP) is 2.30. The summed E-state index contributed by atoms with van der Waals surface area (Å²) in [5, 5.41) is 0. The van der Waals surface area contributed by atoms with Crippen LogP contribution >= 0.6 is 0 Å². The van der Waals surface area contributed by atoms with Crippen molar-refractivity contribution < 1.29 is 19.0 Å². The van der Waals surface area contributed by atoms with Crippen molar-refractivity contribution in [2.45, 2.75) is 51.9 Å². The lowest BCUT2D eigenvalue weighted by atomic mass is 10.0. The highest BCUT2D eigenvalue weighted by atomic mass is 16.6. The summed E-state index contributed by atoms with van der Waals surface area (Å²) in [4.78, 5) is 21.0. The first-order valence-electron chi connectivity index (χ1n) is 9.25. The second kappa shape index (κ2) is 7.80. The zero-order chi connectivity index (χ0) is 18.7. The molecule has 1 aromatic rings. The summed E-state index contributed by atoms with van der Waals surface area (Å²) < 4.78 is 16.7. The van der Waals surface area contributed by atoms with Crippen LogP contribution in [0, 0.1) is 0 Å². The maximum Gasteiger partial charge on any atom is 0.410 e. The molecule has 3 heterocycles.